The summed E-state index contributed by atoms with van der Waals surface area (Å²) in [5, 5.41) is 8.57. The number of hydrogen-bond donors (Lipinski definition) is 1. The lowest BCUT2D eigenvalue weighted by molar-refractivity contribution is -0.137. The Kier molecular flexibility index (Phi) is 4.61. The van der Waals surface area contributed by atoms with E-state index >= 15 is 0 Å². The van der Waals surface area contributed by atoms with Crippen molar-refractivity contribution in [2.75, 3.05) is 18.9 Å². The quantitative estimate of drug-likeness (QED) is 0.879. The van der Waals surface area contributed by atoms with Crippen LogP contribution in [0.1, 0.15) is 18.4 Å². The number of benzene rings is 1. The van der Waals surface area contributed by atoms with Gasteiger partial charge in [0.1, 0.15) is 12.4 Å². The molecule has 110 valence electrons. The highest BCUT2D eigenvalue weighted by atomic mass is 32.2. The van der Waals surface area contributed by atoms with E-state index in [1.54, 1.807) is 0 Å². The number of sulfonamides is 1. The molecule has 0 saturated carbocycles. The summed E-state index contributed by atoms with van der Waals surface area (Å²) < 4.78 is 31.3. The smallest absolute Gasteiger partial charge is 0.303 e. The molecule has 1 aromatic rings. The maximum atomic E-state index is 12.2. The number of hydrogen-bond acceptors (Lipinski definition) is 4. The van der Waals surface area contributed by atoms with E-state index in [0.29, 0.717) is 12.4 Å². The van der Waals surface area contributed by atoms with Gasteiger partial charge in [-0.15, -0.1) is 0 Å². The zero-order valence-electron chi connectivity index (χ0n) is 11.0. The molecule has 0 bridgehead atoms. The SMILES string of the molecule is O=C(O)CCCS(=O)(=O)N1CCOc2ccccc2C1. The second-order valence-corrected chi connectivity index (χ2v) is 6.69. The third kappa shape index (κ3) is 3.71. The van der Waals surface area contributed by atoms with E-state index in [4.69, 9.17) is 9.84 Å². The summed E-state index contributed by atoms with van der Waals surface area (Å²) in [4.78, 5) is 10.5. The van der Waals surface area contributed by atoms with E-state index in [1.165, 1.54) is 4.31 Å². The van der Waals surface area contributed by atoms with Gasteiger partial charge in [-0.2, -0.15) is 4.31 Å². The molecule has 0 amide bonds. The van der Waals surface area contributed by atoms with E-state index in [9.17, 15) is 13.2 Å². The fourth-order valence-corrected chi connectivity index (χ4v) is 3.53. The summed E-state index contributed by atoms with van der Waals surface area (Å²) in [6.45, 7) is 0.852. The topological polar surface area (TPSA) is 83.9 Å². The Morgan fingerprint density at radius 2 is 2.10 bits per heavy atom. The van der Waals surface area contributed by atoms with Crippen LogP contribution in [0.4, 0.5) is 0 Å². The standard InChI is InChI=1S/C13H17NO5S/c15-13(16)6-3-9-20(17,18)14-7-8-19-12-5-2-1-4-11(12)10-14/h1-2,4-5H,3,6-10H2,(H,15,16). The molecular weight excluding hydrogens is 282 g/mol. The van der Waals surface area contributed by atoms with Crippen LogP contribution < -0.4 is 4.74 Å². The number of carboxylic acid groups (broad SMARTS) is 1. The molecule has 1 heterocycles. The average Bonchev–Trinajstić information content (AvgIpc) is 2.60. The number of nitrogens with zero attached hydrogens (tertiary/aromatic N) is 1. The molecule has 7 heteroatoms. The van der Waals surface area contributed by atoms with E-state index in [1.807, 2.05) is 24.3 Å². The van der Waals surface area contributed by atoms with Gasteiger partial charge in [-0.05, 0) is 12.5 Å². The number of carbonyl (C=O) groups is 1. The molecule has 20 heavy (non-hydrogen) atoms. The summed E-state index contributed by atoms with van der Waals surface area (Å²) in [6.07, 6.45) is -0.0170. The van der Waals surface area contributed by atoms with Crippen molar-refractivity contribution in [1.82, 2.24) is 4.31 Å². The van der Waals surface area contributed by atoms with Crippen molar-refractivity contribution < 1.29 is 23.1 Å². The van der Waals surface area contributed by atoms with E-state index in [0.717, 1.165) is 5.56 Å². The number of ether oxygens (including phenoxy) is 1. The van der Waals surface area contributed by atoms with Crippen molar-refractivity contribution in [1.29, 1.82) is 0 Å². The van der Waals surface area contributed by atoms with Crippen molar-refractivity contribution in [3.05, 3.63) is 29.8 Å². The molecule has 0 radical (unpaired) electrons. The number of rotatable bonds is 5. The normalized spacial score (nSPS) is 16.0. The first-order valence-electron chi connectivity index (χ1n) is 6.39. The molecule has 0 unspecified atom stereocenters. The Balaban J connectivity index is 2.07. The molecule has 1 N–H and O–H groups in total. The first-order chi connectivity index (χ1) is 9.49. The maximum Gasteiger partial charge on any atom is 0.303 e. The van der Waals surface area contributed by atoms with Gasteiger partial charge in [-0.25, -0.2) is 8.42 Å². The average molecular weight is 299 g/mol. The summed E-state index contributed by atoms with van der Waals surface area (Å²) in [5.41, 5.74) is 0.826. The Labute approximate surface area is 118 Å². The van der Waals surface area contributed by atoms with Gasteiger partial charge in [-0.3, -0.25) is 4.79 Å². The fraction of sp³-hybridized carbons (Fsp3) is 0.462. The molecule has 0 aromatic heterocycles. The highest BCUT2D eigenvalue weighted by Crippen LogP contribution is 2.24. The van der Waals surface area contributed by atoms with Crippen LogP contribution in [-0.2, 0) is 21.4 Å². The first kappa shape index (κ1) is 14.8. The predicted octanol–water partition coefficient (Wildman–Crippen LogP) is 1.08. The Hall–Kier alpha value is -1.60. The molecule has 0 atom stereocenters. The molecule has 1 aromatic carbocycles. The first-order valence-corrected chi connectivity index (χ1v) is 8.00. The van der Waals surface area contributed by atoms with Crippen LogP contribution in [0.2, 0.25) is 0 Å². The van der Waals surface area contributed by atoms with Gasteiger partial charge in [0.2, 0.25) is 10.0 Å². The second kappa shape index (κ2) is 6.23. The van der Waals surface area contributed by atoms with Crippen molar-refractivity contribution in [3.8, 4) is 5.75 Å². The molecule has 0 aliphatic carbocycles. The van der Waals surface area contributed by atoms with Gasteiger partial charge >= 0.3 is 5.97 Å². The van der Waals surface area contributed by atoms with Crippen LogP contribution in [0.15, 0.2) is 24.3 Å². The molecular formula is C13H17NO5S. The number of carboxylic acids is 1. The monoisotopic (exact) mass is 299 g/mol. The lowest BCUT2D eigenvalue weighted by atomic mass is 10.2. The molecule has 6 nitrogen and oxygen atoms in total. The third-order valence-electron chi connectivity index (χ3n) is 3.10. The van der Waals surface area contributed by atoms with Gasteiger partial charge < -0.3 is 9.84 Å². The number of aliphatic carboxylic acids is 1. The Bertz CT molecular complexity index is 584. The van der Waals surface area contributed by atoms with Crippen molar-refractivity contribution >= 4 is 16.0 Å². The van der Waals surface area contributed by atoms with E-state index in [-0.39, 0.29) is 31.7 Å². The van der Waals surface area contributed by atoms with Crippen LogP contribution in [0.5, 0.6) is 5.75 Å². The third-order valence-corrected chi connectivity index (χ3v) is 5.01. The zero-order valence-corrected chi connectivity index (χ0v) is 11.8. The molecule has 1 aliphatic heterocycles. The van der Waals surface area contributed by atoms with Crippen LogP contribution in [0, 0.1) is 0 Å². The van der Waals surface area contributed by atoms with Crippen LogP contribution in [-0.4, -0.2) is 42.7 Å². The number of fused-ring (bicyclic) bond motifs is 1. The van der Waals surface area contributed by atoms with Crippen LogP contribution >= 0.6 is 0 Å². The van der Waals surface area contributed by atoms with Gasteiger partial charge in [0, 0.05) is 25.1 Å². The van der Waals surface area contributed by atoms with E-state index in [2.05, 4.69) is 0 Å². The molecule has 0 saturated heterocycles. The summed E-state index contributed by atoms with van der Waals surface area (Å²) in [7, 11) is -3.46. The lowest BCUT2D eigenvalue weighted by Gasteiger charge is -2.19. The highest BCUT2D eigenvalue weighted by Gasteiger charge is 2.25. The fourth-order valence-electron chi connectivity index (χ4n) is 2.07. The Morgan fingerprint density at radius 3 is 2.85 bits per heavy atom. The molecule has 0 spiro atoms. The largest absolute Gasteiger partial charge is 0.492 e. The van der Waals surface area contributed by atoms with Crippen molar-refractivity contribution in [3.63, 3.8) is 0 Å². The molecule has 2 rings (SSSR count). The van der Waals surface area contributed by atoms with Gasteiger partial charge in [0.25, 0.3) is 0 Å². The van der Waals surface area contributed by atoms with Crippen LogP contribution in [0.25, 0.3) is 0 Å². The van der Waals surface area contributed by atoms with Gasteiger partial charge in [0.05, 0.1) is 5.75 Å². The molecule has 1 aliphatic rings. The minimum Gasteiger partial charge on any atom is -0.492 e. The maximum absolute atomic E-state index is 12.2. The van der Waals surface area contributed by atoms with Gasteiger partial charge in [0.15, 0.2) is 0 Å². The number of para-hydroxylation sites is 1. The van der Waals surface area contributed by atoms with Crippen molar-refractivity contribution in [2.24, 2.45) is 0 Å². The lowest BCUT2D eigenvalue weighted by Crippen LogP contribution is -2.34. The van der Waals surface area contributed by atoms with Gasteiger partial charge in [-0.1, -0.05) is 18.2 Å². The zero-order chi connectivity index (χ0) is 14.6. The Morgan fingerprint density at radius 1 is 1.35 bits per heavy atom. The summed E-state index contributed by atoms with van der Waals surface area (Å²) in [6, 6.07) is 7.33. The predicted molar refractivity (Wildman–Crippen MR) is 73.0 cm³/mol. The highest BCUT2D eigenvalue weighted by molar-refractivity contribution is 7.89. The summed E-state index contributed by atoms with van der Waals surface area (Å²) in [5.74, 6) is -0.429. The van der Waals surface area contributed by atoms with E-state index < -0.39 is 16.0 Å². The van der Waals surface area contributed by atoms with Crippen molar-refractivity contribution in [2.45, 2.75) is 19.4 Å². The summed E-state index contributed by atoms with van der Waals surface area (Å²) >= 11 is 0. The second-order valence-electron chi connectivity index (χ2n) is 4.60. The molecule has 0 fully saturated rings. The van der Waals surface area contributed by atoms with Crippen LogP contribution in [0.3, 0.4) is 0 Å². The minimum atomic E-state index is -3.46. The minimum absolute atomic E-state index is 0.122.